The number of nitrogens with zero attached hydrogens (tertiary/aromatic N) is 1. The molecule has 0 heterocycles. The molecule has 1 aromatic rings. The number of amides is 2. The number of nitrogens with one attached hydrogen (secondary N) is 1. The number of carbonyl (C=O) groups is 2. The highest BCUT2D eigenvalue weighted by Gasteiger charge is 2.22. The van der Waals surface area contributed by atoms with E-state index in [2.05, 4.69) is 5.32 Å². The fraction of sp³-hybridized carbons (Fsp3) is 0.579. The molecular formula is C19H30N2O5. The highest BCUT2D eigenvalue weighted by Crippen LogP contribution is 2.33. The number of benzene rings is 1. The fourth-order valence-electron chi connectivity index (χ4n) is 2.50. The molecule has 146 valence electrons. The van der Waals surface area contributed by atoms with Gasteiger partial charge < -0.3 is 24.8 Å². The van der Waals surface area contributed by atoms with Crippen molar-refractivity contribution in [3.05, 3.63) is 23.8 Å². The van der Waals surface area contributed by atoms with Crippen LogP contribution in [0.1, 0.15) is 45.7 Å². The number of carboxylic acid groups (broad SMARTS) is 1. The van der Waals surface area contributed by atoms with Crippen LogP contribution in [0.15, 0.2) is 18.2 Å². The van der Waals surface area contributed by atoms with E-state index in [0.717, 1.165) is 5.56 Å². The normalized spacial score (nSPS) is 11.8. The molecular weight excluding hydrogens is 336 g/mol. The van der Waals surface area contributed by atoms with Crippen LogP contribution in [0.5, 0.6) is 11.5 Å². The van der Waals surface area contributed by atoms with Crippen molar-refractivity contribution >= 4 is 12.0 Å². The van der Waals surface area contributed by atoms with Crippen LogP contribution < -0.4 is 14.8 Å². The largest absolute Gasteiger partial charge is 0.490 e. The summed E-state index contributed by atoms with van der Waals surface area (Å²) in [4.78, 5) is 24.4. The lowest BCUT2D eigenvalue weighted by Gasteiger charge is -2.27. The van der Waals surface area contributed by atoms with Gasteiger partial charge in [0.05, 0.1) is 25.7 Å². The van der Waals surface area contributed by atoms with Crippen molar-refractivity contribution in [2.24, 2.45) is 5.92 Å². The molecule has 7 heteroatoms. The van der Waals surface area contributed by atoms with E-state index in [4.69, 9.17) is 14.6 Å². The highest BCUT2D eigenvalue weighted by molar-refractivity contribution is 5.75. The summed E-state index contributed by atoms with van der Waals surface area (Å²) in [5.41, 5.74) is 0.909. The predicted octanol–water partition coefficient (Wildman–Crippen LogP) is 3.30. The Hall–Kier alpha value is -2.44. The van der Waals surface area contributed by atoms with Crippen LogP contribution >= 0.6 is 0 Å². The van der Waals surface area contributed by atoms with Crippen molar-refractivity contribution in [3.63, 3.8) is 0 Å². The van der Waals surface area contributed by atoms with Gasteiger partial charge in [-0.25, -0.2) is 4.79 Å². The van der Waals surface area contributed by atoms with E-state index in [1.807, 2.05) is 45.9 Å². The first kappa shape index (κ1) is 21.6. The average molecular weight is 366 g/mol. The Morgan fingerprint density at radius 2 is 1.77 bits per heavy atom. The number of ether oxygens (including phenoxy) is 2. The molecule has 0 aliphatic heterocycles. The van der Waals surface area contributed by atoms with Crippen LogP contribution in [-0.2, 0) is 4.79 Å². The lowest BCUT2D eigenvalue weighted by Crippen LogP contribution is -2.41. The van der Waals surface area contributed by atoms with Gasteiger partial charge in [0.15, 0.2) is 11.5 Å². The van der Waals surface area contributed by atoms with Gasteiger partial charge in [0.25, 0.3) is 0 Å². The Morgan fingerprint density at radius 1 is 1.15 bits per heavy atom. The molecule has 1 unspecified atom stereocenters. The van der Waals surface area contributed by atoms with Gasteiger partial charge in [-0.15, -0.1) is 0 Å². The van der Waals surface area contributed by atoms with Gasteiger partial charge in [-0.1, -0.05) is 19.9 Å². The molecule has 0 radical (unpaired) electrons. The van der Waals surface area contributed by atoms with Crippen LogP contribution in [-0.4, -0.2) is 48.8 Å². The molecule has 1 aromatic carbocycles. The molecule has 1 atom stereocenters. The fourth-order valence-corrected chi connectivity index (χ4v) is 2.50. The minimum absolute atomic E-state index is 0.0895. The van der Waals surface area contributed by atoms with E-state index in [1.54, 1.807) is 7.05 Å². The first-order valence-corrected chi connectivity index (χ1v) is 8.93. The van der Waals surface area contributed by atoms with E-state index in [1.165, 1.54) is 4.90 Å². The molecule has 0 saturated carbocycles. The molecule has 0 aliphatic rings. The van der Waals surface area contributed by atoms with E-state index in [9.17, 15) is 9.59 Å². The maximum atomic E-state index is 12.4. The Morgan fingerprint density at radius 3 is 2.31 bits per heavy atom. The molecule has 0 saturated heterocycles. The number of carboxylic acids is 1. The summed E-state index contributed by atoms with van der Waals surface area (Å²) in [6, 6.07) is 5.10. The third-order valence-electron chi connectivity index (χ3n) is 3.88. The number of carbonyl (C=O) groups excluding carboxylic acids is 1. The van der Waals surface area contributed by atoms with E-state index < -0.39 is 5.97 Å². The van der Waals surface area contributed by atoms with Gasteiger partial charge in [-0.2, -0.15) is 0 Å². The third kappa shape index (κ3) is 6.46. The second-order valence-corrected chi connectivity index (χ2v) is 6.31. The van der Waals surface area contributed by atoms with Crippen molar-refractivity contribution in [1.29, 1.82) is 0 Å². The molecule has 26 heavy (non-hydrogen) atoms. The third-order valence-corrected chi connectivity index (χ3v) is 3.88. The first-order valence-electron chi connectivity index (χ1n) is 8.93. The second-order valence-electron chi connectivity index (χ2n) is 6.31. The standard InChI is InChI=1S/C19H30N2O5/c1-6-25-15-9-8-14(12-16(15)26-7-2)18(13(3)4)20-19(24)21(5)11-10-17(22)23/h8-9,12-13,18H,6-7,10-11H2,1-5H3,(H,20,24)(H,22,23). The first-order chi connectivity index (χ1) is 12.3. The monoisotopic (exact) mass is 366 g/mol. The topological polar surface area (TPSA) is 88.1 Å². The molecule has 0 fully saturated rings. The molecule has 2 amide bonds. The van der Waals surface area contributed by atoms with Crippen molar-refractivity contribution in [2.45, 2.75) is 40.2 Å². The summed E-state index contributed by atoms with van der Waals surface area (Å²) in [5, 5.41) is 11.7. The van der Waals surface area contributed by atoms with E-state index in [0.29, 0.717) is 24.7 Å². The van der Waals surface area contributed by atoms with Crippen molar-refractivity contribution < 1.29 is 24.2 Å². The SMILES string of the molecule is CCOc1ccc(C(NC(=O)N(C)CCC(=O)O)C(C)C)cc1OCC. The molecule has 0 aromatic heterocycles. The summed E-state index contributed by atoms with van der Waals surface area (Å²) in [7, 11) is 1.58. The molecule has 1 rings (SSSR count). The number of urea groups is 1. The van der Waals surface area contributed by atoms with Crippen LogP contribution in [0, 0.1) is 5.92 Å². The molecule has 7 nitrogen and oxygen atoms in total. The minimum Gasteiger partial charge on any atom is -0.490 e. The number of rotatable bonds is 10. The number of hydrogen-bond donors (Lipinski definition) is 2. The maximum absolute atomic E-state index is 12.4. The predicted molar refractivity (Wildman–Crippen MR) is 99.8 cm³/mol. The van der Waals surface area contributed by atoms with Crippen LogP contribution in [0.2, 0.25) is 0 Å². The Balaban J connectivity index is 2.97. The van der Waals surface area contributed by atoms with Gasteiger partial charge in [0.2, 0.25) is 0 Å². The zero-order chi connectivity index (χ0) is 19.7. The molecule has 2 N–H and O–H groups in total. The van der Waals surface area contributed by atoms with Crippen molar-refractivity contribution in [1.82, 2.24) is 10.2 Å². The lowest BCUT2D eigenvalue weighted by atomic mass is 9.95. The van der Waals surface area contributed by atoms with Gasteiger partial charge in [-0.3, -0.25) is 4.79 Å². The quantitative estimate of drug-likeness (QED) is 0.663. The highest BCUT2D eigenvalue weighted by atomic mass is 16.5. The summed E-state index contributed by atoms with van der Waals surface area (Å²) in [6.07, 6.45) is -0.0895. The summed E-state index contributed by atoms with van der Waals surface area (Å²) < 4.78 is 11.2. The van der Waals surface area contributed by atoms with Crippen LogP contribution in [0.4, 0.5) is 4.79 Å². The van der Waals surface area contributed by atoms with Crippen molar-refractivity contribution in [3.8, 4) is 11.5 Å². The Kier molecular flexibility index (Phi) is 8.75. The van der Waals surface area contributed by atoms with Crippen LogP contribution in [0.3, 0.4) is 0 Å². The Bertz CT molecular complexity index is 604. The molecule has 0 aliphatic carbocycles. The smallest absolute Gasteiger partial charge is 0.317 e. The summed E-state index contributed by atoms with van der Waals surface area (Å²) in [6.45, 7) is 9.05. The summed E-state index contributed by atoms with van der Waals surface area (Å²) >= 11 is 0. The summed E-state index contributed by atoms with van der Waals surface area (Å²) in [5.74, 6) is 0.522. The van der Waals surface area contributed by atoms with E-state index >= 15 is 0 Å². The number of hydrogen-bond acceptors (Lipinski definition) is 4. The lowest BCUT2D eigenvalue weighted by molar-refractivity contribution is -0.137. The Labute approximate surface area is 155 Å². The number of aliphatic carboxylic acids is 1. The van der Waals surface area contributed by atoms with Gasteiger partial charge in [0.1, 0.15) is 0 Å². The van der Waals surface area contributed by atoms with Gasteiger partial charge in [-0.05, 0) is 37.5 Å². The second kappa shape index (κ2) is 10.5. The van der Waals surface area contributed by atoms with E-state index in [-0.39, 0.29) is 31.0 Å². The van der Waals surface area contributed by atoms with Gasteiger partial charge in [0, 0.05) is 13.6 Å². The molecule has 0 spiro atoms. The van der Waals surface area contributed by atoms with Crippen LogP contribution in [0.25, 0.3) is 0 Å². The maximum Gasteiger partial charge on any atom is 0.317 e. The average Bonchev–Trinajstić information content (AvgIpc) is 2.59. The molecule has 0 bridgehead atoms. The van der Waals surface area contributed by atoms with Gasteiger partial charge >= 0.3 is 12.0 Å². The van der Waals surface area contributed by atoms with Crippen molar-refractivity contribution in [2.75, 3.05) is 26.8 Å². The minimum atomic E-state index is -0.932. The zero-order valence-corrected chi connectivity index (χ0v) is 16.2. The zero-order valence-electron chi connectivity index (χ0n) is 16.2.